The summed E-state index contributed by atoms with van der Waals surface area (Å²) in [6.45, 7) is 4.88. The zero-order chi connectivity index (χ0) is 11.0. The molecule has 3 fully saturated rings. The van der Waals surface area contributed by atoms with Gasteiger partial charge in [-0.1, -0.05) is 0 Å². The molecule has 0 aliphatic carbocycles. The Morgan fingerprint density at radius 2 is 1.94 bits per heavy atom. The van der Waals surface area contributed by atoms with Gasteiger partial charge < -0.3 is 9.64 Å². The van der Waals surface area contributed by atoms with Gasteiger partial charge in [-0.15, -0.1) is 0 Å². The molecule has 4 heteroatoms. The molecule has 3 saturated heterocycles. The molecule has 0 unspecified atom stereocenters. The van der Waals surface area contributed by atoms with Crippen molar-refractivity contribution >= 4 is 5.91 Å². The fourth-order valence-corrected chi connectivity index (χ4v) is 2.91. The van der Waals surface area contributed by atoms with E-state index >= 15 is 0 Å². The van der Waals surface area contributed by atoms with Crippen LogP contribution in [-0.4, -0.2) is 60.6 Å². The summed E-state index contributed by atoms with van der Waals surface area (Å²) in [5, 5.41) is 0. The fraction of sp³-hybridized carbons (Fsp3) is 0.917. The maximum Gasteiger partial charge on any atom is 0.239 e. The van der Waals surface area contributed by atoms with E-state index in [9.17, 15) is 4.79 Å². The van der Waals surface area contributed by atoms with Crippen LogP contribution in [0.4, 0.5) is 0 Å². The molecule has 3 rings (SSSR count). The van der Waals surface area contributed by atoms with Gasteiger partial charge in [0.15, 0.2) is 0 Å². The van der Waals surface area contributed by atoms with E-state index in [2.05, 4.69) is 9.80 Å². The van der Waals surface area contributed by atoms with Crippen molar-refractivity contribution < 1.29 is 9.53 Å². The highest BCUT2D eigenvalue weighted by molar-refractivity contribution is 5.82. The zero-order valence-electron chi connectivity index (χ0n) is 9.73. The number of rotatable bonds is 3. The molecule has 3 heterocycles. The molecule has 90 valence electrons. The molecule has 2 atom stereocenters. The topological polar surface area (TPSA) is 36.1 Å². The van der Waals surface area contributed by atoms with Crippen molar-refractivity contribution in [1.82, 2.24) is 9.80 Å². The van der Waals surface area contributed by atoms with Crippen LogP contribution < -0.4 is 0 Å². The lowest BCUT2D eigenvalue weighted by Gasteiger charge is -2.27. The molecule has 1 amide bonds. The third-order valence-corrected chi connectivity index (χ3v) is 3.91. The van der Waals surface area contributed by atoms with Crippen LogP contribution in [0.15, 0.2) is 0 Å². The van der Waals surface area contributed by atoms with E-state index in [1.165, 1.54) is 12.8 Å². The number of hydrogen-bond donors (Lipinski definition) is 0. The lowest BCUT2D eigenvalue weighted by atomic mass is 10.2. The Morgan fingerprint density at radius 1 is 1.19 bits per heavy atom. The van der Waals surface area contributed by atoms with E-state index in [-0.39, 0.29) is 6.04 Å². The van der Waals surface area contributed by atoms with Gasteiger partial charge in [0.1, 0.15) is 0 Å². The molecule has 0 aromatic heterocycles. The molecule has 0 saturated carbocycles. The highest BCUT2D eigenvalue weighted by atomic mass is 16.6. The van der Waals surface area contributed by atoms with Gasteiger partial charge in [-0.25, -0.2) is 0 Å². The number of amides is 1. The van der Waals surface area contributed by atoms with Gasteiger partial charge >= 0.3 is 0 Å². The summed E-state index contributed by atoms with van der Waals surface area (Å²) in [7, 11) is 0. The SMILES string of the molecule is O=C([C@@H]1CCCN1C[C@@H]1CO1)N1CCCC1. The Labute approximate surface area is 96.5 Å². The molecule has 0 radical (unpaired) electrons. The summed E-state index contributed by atoms with van der Waals surface area (Å²) in [5.74, 6) is 0.371. The first-order chi connectivity index (χ1) is 7.84. The lowest BCUT2D eigenvalue weighted by molar-refractivity contribution is -0.134. The number of carbonyl (C=O) groups excluding carboxylic acids is 1. The average Bonchev–Trinajstić information content (AvgIpc) is 2.82. The summed E-state index contributed by atoms with van der Waals surface area (Å²) in [6.07, 6.45) is 4.99. The first kappa shape index (κ1) is 10.5. The molecule has 0 spiro atoms. The smallest absolute Gasteiger partial charge is 0.239 e. The van der Waals surface area contributed by atoms with E-state index < -0.39 is 0 Å². The maximum atomic E-state index is 12.3. The van der Waals surface area contributed by atoms with Gasteiger partial charge in [0.25, 0.3) is 0 Å². The standard InChI is InChI=1S/C12H20N2O2/c15-12(13-5-1-2-6-13)11-4-3-7-14(11)8-10-9-16-10/h10-11H,1-9H2/t10-,11+/m1/s1. The van der Waals surface area contributed by atoms with Gasteiger partial charge in [-0.3, -0.25) is 9.69 Å². The monoisotopic (exact) mass is 224 g/mol. The van der Waals surface area contributed by atoms with Gasteiger partial charge in [-0.05, 0) is 32.2 Å². The van der Waals surface area contributed by atoms with Crippen molar-refractivity contribution in [3.63, 3.8) is 0 Å². The Morgan fingerprint density at radius 3 is 2.62 bits per heavy atom. The Balaban J connectivity index is 1.60. The van der Waals surface area contributed by atoms with Crippen LogP contribution in [0.25, 0.3) is 0 Å². The van der Waals surface area contributed by atoms with Crippen molar-refractivity contribution in [1.29, 1.82) is 0 Å². The minimum absolute atomic E-state index is 0.155. The first-order valence-corrected chi connectivity index (χ1v) is 6.49. The third-order valence-electron chi connectivity index (χ3n) is 3.91. The fourth-order valence-electron chi connectivity index (χ4n) is 2.91. The van der Waals surface area contributed by atoms with E-state index in [4.69, 9.17) is 4.74 Å². The van der Waals surface area contributed by atoms with Crippen LogP contribution in [0.5, 0.6) is 0 Å². The van der Waals surface area contributed by atoms with Crippen molar-refractivity contribution in [2.45, 2.75) is 37.8 Å². The Bertz CT molecular complexity index is 272. The predicted octanol–water partition coefficient (Wildman–Crippen LogP) is 0.472. The molecule has 3 aliphatic heterocycles. The van der Waals surface area contributed by atoms with Crippen molar-refractivity contribution in [2.75, 3.05) is 32.8 Å². The highest BCUT2D eigenvalue weighted by Gasteiger charge is 2.37. The zero-order valence-corrected chi connectivity index (χ0v) is 9.73. The van der Waals surface area contributed by atoms with Crippen LogP contribution in [0.2, 0.25) is 0 Å². The highest BCUT2D eigenvalue weighted by Crippen LogP contribution is 2.24. The number of carbonyl (C=O) groups is 1. The number of ether oxygens (including phenoxy) is 1. The molecule has 3 aliphatic rings. The number of likely N-dealkylation sites (tertiary alicyclic amines) is 2. The summed E-state index contributed by atoms with van der Waals surface area (Å²) < 4.78 is 5.26. The summed E-state index contributed by atoms with van der Waals surface area (Å²) >= 11 is 0. The Hall–Kier alpha value is -0.610. The molecule has 0 aromatic carbocycles. The van der Waals surface area contributed by atoms with E-state index in [0.29, 0.717) is 12.0 Å². The van der Waals surface area contributed by atoms with E-state index in [1.54, 1.807) is 0 Å². The summed E-state index contributed by atoms with van der Waals surface area (Å²) in [4.78, 5) is 16.7. The molecular weight excluding hydrogens is 204 g/mol. The molecule has 0 bridgehead atoms. The van der Waals surface area contributed by atoms with Crippen LogP contribution >= 0.6 is 0 Å². The minimum atomic E-state index is 0.155. The van der Waals surface area contributed by atoms with Gasteiger partial charge in [-0.2, -0.15) is 0 Å². The normalized spacial score (nSPS) is 34.6. The molecule has 4 nitrogen and oxygen atoms in total. The minimum Gasteiger partial charge on any atom is -0.372 e. The molecule has 16 heavy (non-hydrogen) atoms. The molecule has 0 N–H and O–H groups in total. The van der Waals surface area contributed by atoms with Crippen LogP contribution in [0.3, 0.4) is 0 Å². The average molecular weight is 224 g/mol. The quantitative estimate of drug-likeness (QED) is 0.654. The van der Waals surface area contributed by atoms with Crippen LogP contribution in [-0.2, 0) is 9.53 Å². The van der Waals surface area contributed by atoms with Gasteiger partial charge in [0, 0.05) is 19.6 Å². The van der Waals surface area contributed by atoms with Crippen molar-refractivity contribution in [2.24, 2.45) is 0 Å². The Kier molecular flexibility index (Phi) is 2.86. The largest absolute Gasteiger partial charge is 0.372 e. The lowest BCUT2D eigenvalue weighted by Crippen LogP contribution is -2.45. The first-order valence-electron chi connectivity index (χ1n) is 6.49. The second kappa shape index (κ2) is 4.34. The molecular formula is C12H20N2O2. The predicted molar refractivity (Wildman–Crippen MR) is 60.1 cm³/mol. The number of hydrogen-bond acceptors (Lipinski definition) is 3. The summed E-state index contributed by atoms with van der Waals surface area (Å²) in [5.41, 5.74) is 0. The number of epoxide rings is 1. The maximum absolute atomic E-state index is 12.3. The van der Waals surface area contributed by atoms with Gasteiger partial charge in [0.05, 0.1) is 18.8 Å². The van der Waals surface area contributed by atoms with E-state index in [0.717, 1.165) is 45.6 Å². The third kappa shape index (κ3) is 2.09. The second-order valence-corrected chi connectivity index (χ2v) is 5.14. The van der Waals surface area contributed by atoms with Gasteiger partial charge in [0.2, 0.25) is 5.91 Å². The molecule has 0 aromatic rings. The van der Waals surface area contributed by atoms with Crippen molar-refractivity contribution in [3.05, 3.63) is 0 Å². The summed E-state index contributed by atoms with van der Waals surface area (Å²) in [6, 6.07) is 0.155. The van der Waals surface area contributed by atoms with E-state index in [1.807, 2.05) is 0 Å². The second-order valence-electron chi connectivity index (χ2n) is 5.14. The van der Waals surface area contributed by atoms with Crippen molar-refractivity contribution in [3.8, 4) is 0 Å². The van der Waals surface area contributed by atoms with Crippen LogP contribution in [0.1, 0.15) is 25.7 Å². The van der Waals surface area contributed by atoms with Crippen LogP contribution in [0, 0.1) is 0 Å². The number of nitrogens with zero attached hydrogens (tertiary/aromatic N) is 2.